The molecule has 151 valence electrons. The molecule has 3 aromatic carbocycles. The number of nitrogens with zero attached hydrogens (tertiary/aromatic N) is 2. The molecule has 0 aliphatic heterocycles. The molecule has 0 aliphatic carbocycles. The number of H-pyrrole nitrogens is 1. The van der Waals surface area contributed by atoms with Crippen LogP contribution < -0.4 is 5.32 Å². The van der Waals surface area contributed by atoms with Crippen LogP contribution in [0, 0.1) is 5.82 Å². The van der Waals surface area contributed by atoms with Crippen molar-refractivity contribution in [1.29, 1.82) is 0 Å². The van der Waals surface area contributed by atoms with Gasteiger partial charge in [0, 0.05) is 34.5 Å². The monoisotopic (exact) mass is 465 g/mol. The average molecular weight is 466 g/mol. The van der Waals surface area contributed by atoms with E-state index in [0.29, 0.717) is 22.0 Å². The first-order valence-electron chi connectivity index (χ1n) is 9.40. The van der Waals surface area contributed by atoms with Gasteiger partial charge in [0.1, 0.15) is 11.6 Å². The van der Waals surface area contributed by atoms with Gasteiger partial charge in [0.15, 0.2) is 5.82 Å². The van der Waals surface area contributed by atoms with Gasteiger partial charge in [0.05, 0.1) is 11.2 Å². The van der Waals surface area contributed by atoms with Gasteiger partial charge in [0.25, 0.3) is 0 Å². The molecular weight excluding hydrogens is 450 g/mol. The van der Waals surface area contributed by atoms with Gasteiger partial charge in [-0.1, -0.05) is 60.1 Å². The molecule has 2 heterocycles. The molecule has 0 aliphatic rings. The number of aromatic amines is 1. The molecule has 7 heteroatoms. The first kappa shape index (κ1) is 21.1. The largest absolute Gasteiger partial charge is 0.323 e. The Kier molecular flexibility index (Phi) is 6.09. The molecule has 0 unspecified atom stereocenters. The van der Waals surface area contributed by atoms with E-state index in [1.165, 1.54) is 12.1 Å². The summed E-state index contributed by atoms with van der Waals surface area (Å²) in [5.74, 6) is 0.769. The Bertz CT molecular complexity index is 1350. The minimum atomic E-state index is -0.324. The van der Waals surface area contributed by atoms with E-state index in [1.807, 2.05) is 66.7 Å². The predicted octanol–water partition coefficient (Wildman–Crippen LogP) is 6.83. The first-order chi connectivity index (χ1) is 14.7. The van der Waals surface area contributed by atoms with Gasteiger partial charge in [-0.3, -0.25) is 5.10 Å². The van der Waals surface area contributed by atoms with E-state index in [0.717, 1.165) is 27.9 Å². The maximum Gasteiger partial charge on any atom is 0.161 e. The van der Waals surface area contributed by atoms with Crippen molar-refractivity contribution in [2.45, 2.75) is 0 Å². The second-order valence-corrected chi connectivity index (χ2v) is 7.27. The van der Waals surface area contributed by atoms with E-state index >= 15 is 0 Å². The second-order valence-electron chi connectivity index (χ2n) is 6.86. The van der Waals surface area contributed by atoms with E-state index < -0.39 is 0 Å². The van der Waals surface area contributed by atoms with Crippen LogP contribution in [0.3, 0.4) is 0 Å². The summed E-state index contributed by atoms with van der Waals surface area (Å²) < 4.78 is 13.7. The summed E-state index contributed by atoms with van der Waals surface area (Å²) in [6, 6.07) is 26.0. The third-order valence-electron chi connectivity index (χ3n) is 4.85. The molecule has 0 saturated carbocycles. The molecule has 0 amide bonds. The first-order valence-corrected chi connectivity index (χ1v) is 9.78. The zero-order valence-corrected chi connectivity index (χ0v) is 18.3. The molecule has 5 aromatic rings. The Balaban J connectivity index is 0.00000231. The van der Waals surface area contributed by atoms with Crippen molar-refractivity contribution in [3.8, 4) is 22.4 Å². The van der Waals surface area contributed by atoms with Crippen LogP contribution >= 0.6 is 11.6 Å². The molecule has 31 heavy (non-hydrogen) atoms. The van der Waals surface area contributed by atoms with Crippen LogP contribution in [0.25, 0.3) is 33.3 Å². The molecule has 0 saturated heterocycles. The maximum atomic E-state index is 13.7. The number of hydrogen-bond acceptors (Lipinski definition) is 3. The molecule has 5 rings (SSSR count). The molecule has 2 aromatic heterocycles. The van der Waals surface area contributed by atoms with Crippen molar-refractivity contribution in [1.82, 2.24) is 15.2 Å². The number of nitrogens with one attached hydrogen (secondary N) is 2. The molecule has 2 N–H and O–H groups in total. The van der Waals surface area contributed by atoms with Crippen LogP contribution in [0.1, 0.15) is 0 Å². The number of anilines is 2. The third kappa shape index (κ3) is 4.35. The minimum absolute atomic E-state index is 0. The Morgan fingerprint density at radius 1 is 0.839 bits per heavy atom. The van der Waals surface area contributed by atoms with E-state index in [1.54, 1.807) is 6.07 Å². The zero-order chi connectivity index (χ0) is 20.5. The number of pyridine rings is 1. The summed E-state index contributed by atoms with van der Waals surface area (Å²) in [5, 5.41) is 11.7. The molecule has 0 spiro atoms. The van der Waals surface area contributed by atoms with Gasteiger partial charge in [-0.15, -0.1) is 0 Å². The van der Waals surface area contributed by atoms with E-state index in [9.17, 15) is 4.39 Å². The molecule has 0 fully saturated rings. The Labute approximate surface area is 195 Å². The Morgan fingerprint density at radius 2 is 1.61 bits per heavy atom. The number of halogens is 2. The molecule has 0 atom stereocenters. The van der Waals surface area contributed by atoms with Gasteiger partial charge in [0.2, 0.25) is 0 Å². The molecule has 4 nitrogen and oxygen atoms in total. The summed E-state index contributed by atoms with van der Waals surface area (Å²) in [6.07, 6.45) is 0. The van der Waals surface area contributed by atoms with Crippen LogP contribution in [0.4, 0.5) is 16.0 Å². The fourth-order valence-electron chi connectivity index (χ4n) is 3.40. The van der Waals surface area contributed by atoms with Crippen molar-refractivity contribution < 1.29 is 22.9 Å². The van der Waals surface area contributed by atoms with Crippen molar-refractivity contribution in [3.05, 3.63) is 95.8 Å². The quantitative estimate of drug-likeness (QED) is 0.306. The van der Waals surface area contributed by atoms with Gasteiger partial charge in [-0.2, -0.15) is 5.10 Å². The standard InChI is InChI=1S/C24H16ClFN4.V/c25-20-9-5-4-8-18(20)22-12-16(15-6-2-1-3-7-15)13-23(27-22)28-24-19-14-17(26)10-11-21(19)29-30-24;/h1-14H,(H2,27,28,29,30);. The minimum Gasteiger partial charge on any atom is -0.323 e. The summed E-state index contributed by atoms with van der Waals surface area (Å²) in [4.78, 5) is 4.75. The van der Waals surface area contributed by atoms with Gasteiger partial charge in [-0.25, -0.2) is 9.37 Å². The van der Waals surface area contributed by atoms with Crippen molar-refractivity contribution >= 4 is 34.1 Å². The third-order valence-corrected chi connectivity index (χ3v) is 5.18. The van der Waals surface area contributed by atoms with Crippen LogP contribution in [0.2, 0.25) is 5.02 Å². The number of fused-ring (bicyclic) bond motifs is 1. The topological polar surface area (TPSA) is 53.6 Å². The van der Waals surface area contributed by atoms with E-state index in [2.05, 4.69) is 15.5 Å². The van der Waals surface area contributed by atoms with Gasteiger partial charge >= 0.3 is 0 Å². The SMILES string of the molecule is Fc1ccc2[nH]nc(Nc3cc(-c4ccccc4)cc(-c4ccccc4Cl)n3)c2c1.[V]. The van der Waals surface area contributed by atoms with Crippen LogP contribution in [0.15, 0.2) is 84.9 Å². The number of rotatable bonds is 4. The van der Waals surface area contributed by atoms with E-state index in [4.69, 9.17) is 16.6 Å². The fraction of sp³-hybridized carbons (Fsp3) is 0. The van der Waals surface area contributed by atoms with Crippen molar-refractivity contribution in [2.24, 2.45) is 0 Å². The number of hydrogen-bond donors (Lipinski definition) is 2. The summed E-state index contributed by atoms with van der Waals surface area (Å²) >= 11 is 6.43. The Morgan fingerprint density at radius 3 is 2.42 bits per heavy atom. The van der Waals surface area contributed by atoms with Crippen LogP contribution in [-0.4, -0.2) is 15.2 Å². The number of aromatic nitrogens is 3. The van der Waals surface area contributed by atoms with Crippen LogP contribution in [0.5, 0.6) is 0 Å². The smallest absolute Gasteiger partial charge is 0.161 e. The predicted molar refractivity (Wildman–Crippen MR) is 119 cm³/mol. The van der Waals surface area contributed by atoms with Gasteiger partial charge in [-0.05, 0) is 47.5 Å². The zero-order valence-electron chi connectivity index (χ0n) is 16.2. The average Bonchev–Trinajstić information content (AvgIpc) is 3.16. The Hall–Kier alpha value is -3.12. The van der Waals surface area contributed by atoms with Crippen molar-refractivity contribution in [2.75, 3.05) is 5.32 Å². The summed E-state index contributed by atoms with van der Waals surface area (Å²) in [7, 11) is 0. The van der Waals surface area contributed by atoms with Crippen molar-refractivity contribution in [3.63, 3.8) is 0 Å². The van der Waals surface area contributed by atoms with Gasteiger partial charge < -0.3 is 5.32 Å². The van der Waals surface area contributed by atoms with E-state index in [-0.39, 0.29) is 24.4 Å². The molecule has 0 bridgehead atoms. The summed E-state index contributed by atoms with van der Waals surface area (Å²) in [6.45, 7) is 0. The fourth-order valence-corrected chi connectivity index (χ4v) is 3.63. The maximum absolute atomic E-state index is 13.7. The second kappa shape index (κ2) is 8.94. The van der Waals surface area contributed by atoms with Crippen LogP contribution in [-0.2, 0) is 18.6 Å². The summed E-state index contributed by atoms with van der Waals surface area (Å²) in [5.41, 5.74) is 4.33. The number of benzene rings is 3. The normalized spacial score (nSPS) is 10.6. The molecular formula is C24H16ClFN4V. The molecule has 1 radical (unpaired) electrons.